The summed E-state index contributed by atoms with van der Waals surface area (Å²) in [7, 11) is 2.19. The van der Waals surface area contributed by atoms with Crippen LogP contribution in [0.25, 0.3) is 5.65 Å². The molecule has 0 N–H and O–H groups in total. The van der Waals surface area contributed by atoms with E-state index in [4.69, 9.17) is 4.98 Å². The monoisotopic (exact) mass is 393 g/mol. The third-order valence-corrected chi connectivity index (χ3v) is 6.31. The van der Waals surface area contributed by atoms with Crippen LogP contribution in [0.5, 0.6) is 0 Å². The van der Waals surface area contributed by atoms with Crippen LogP contribution in [0.15, 0.2) is 48.7 Å². The number of piperazine rings is 1. The van der Waals surface area contributed by atoms with E-state index in [1.165, 1.54) is 18.7 Å². The highest BCUT2D eigenvalue weighted by Gasteiger charge is 2.28. The highest BCUT2D eigenvalue weighted by atomic mass is 19.1. The van der Waals surface area contributed by atoms with Gasteiger partial charge in [0.05, 0.1) is 11.7 Å². The summed E-state index contributed by atoms with van der Waals surface area (Å²) in [6.07, 6.45) is 4.76. The Morgan fingerprint density at radius 3 is 2.59 bits per heavy atom. The molecule has 3 aromatic rings. The molecule has 0 aliphatic carbocycles. The minimum Gasteiger partial charge on any atom is -0.358 e. The SMILES string of the molecule is CN1CCN(Cc2ccc(F)cc2)C[C@@H]1c1cn2c(N3CCCC3)cccc2n1. The van der Waals surface area contributed by atoms with Crippen LogP contribution in [0.4, 0.5) is 10.2 Å². The van der Waals surface area contributed by atoms with Gasteiger partial charge in [-0.15, -0.1) is 0 Å². The smallest absolute Gasteiger partial charge is 0.138 e. The fourth-order valence-electron chi connectivity index (χ4n) is 4.62. The van der Waals surface area contributed by atoms with Gasteiger partial charge in [0, 0.05) is 45.5 Å². The lowest BCUT2D eigenvalue weighted by molar-refractivity contribution is 0.0885. The molecule has 0 bridgehead atoms. The molecule has 2 fully saturated rings. The Balaban J connectivity index is 1.39. The zero-order valence-electron chi connectivity index (χ0n) is 17.0. The molecule has 5 rings (SSSR count). The van der Waals surface area contributed by atoms with Crippen LogP contribution in [-0.2, 0) is 6.54 Å². The van der Waals surface area contributed by atoms with Crippen molar-refractivity contribution in [1.82, 2.24) is 19.2 Å². The number of hydrogen-bond acceptors (Lipinski definition) is 4. The molecule has 4 heterocycles. The first-order chi connectivity index (χ1) is 14.2. The summed E-state index contributed by atoms with van der Waals surface area (Å²) in [5, 5.41) is 0. The maximum atomic E-state index is 13.2. The lowest BCUT2D eigenvalue weighted by Crippen LogP contribution is -2.46. The molecule has 0 amide bonds. The van der Waals surface area contributed by atoms with E-state index in [0.717, 1.165) is 56.2 Å². The van der Waals surface area contributed by atoms with E-state index in [1.54, 1.807) is 12.1 Å². The van der Waals surface area contributed by atoms with E-state index in [0.29, 0.717) is 0 Å². The Hall–Kier alpha value is -2.44. The van der Waals surface area contributed by atoms with Gasteiger partial charge in [-0.25, -0.2) is 9.37 Å². The molecule has 2 aromatic heterocycles. The van der Waals surface area contributed by atoms with Gasteiger partial charge in [0.25, 0.3) is 0 Å². The van der Waals surface area contributed by atoms with Gasteiger partial charge < -0.3 is 4.90 Å². The second kappa shape index (κ2) is 7.76. The molecule has 1 aromatic carbocycles. The van der Waals surface area contributed by atoms with Crippen molar-refractivity contribution < 1.29 is 4.39 Å². The maximum absolute atomic E-state index is 13.2. The van der Waals surface area contributed by atoms with Gasteiger partial charge in [-0.3, -0.25) is 14.2 Å². The zero-order valence-corrected chi connectivity index (χ0v) is 17.0. The lowest BCUT2D eigenvalue weighted by Gasteiger charge is -2.38. The Morgan fingerprint density at radius 1 is 1.00 bits per heavy atom. The summed E-state index contributed by atoms with van der Waals surface area (Å²) >= 11 is 0. The number of pyridine rings is 1. The normalized spacial score (nSPS) is 21.3. The standard InChI is InChI=1S/C23H28FN5/c1-26-13-14-27(15-18-7-9-19(24)10-8-18)17-21(26)20-16-29-22(25-20)5-4-6-23(29)28-11-2-3-12-28/h4-10,16,21H,2-3,11-15,17H2,1H3/t21-/m1/s1. The molecule has 5 nitrogen and oxygen atoms in total. The number of rotatable bonds is 4. The van der Waals surface area contributed by atoms with Crippen molar-refractivity contribution >= 4 is 11.5 Å². The minimum atomic E-state index is -0.177. The number of nitrogens with zero attached hydrogens (tertiary/aromatic N) is 5. The predicted molar refractivity (Wildman–Crippen MR) is 114 cm³/mol. The molecule has 0 spiro atoms. The van der Waals surface area contributed by atoms with Crippen LogP contribution in [-0.4, -0.2) is 59.0 Å². The number of aromatic nitrogens is 2. The first kappa shape index (κ1) is 18.6. The quantitative estimate of drug-likeness (QED) is 0.677. The van der Waals surface area contributed by atoms with E-state index in [-0.39, 0.29) is 11.9 Å². The summed E-state index contributed by atoms with van der Waals surface area (Å²) in [5.74, 6) is 1.07. The van der Waals surface area contributed by atoms with Gasteiger partial charge in [0.15, 0.2) is 0 Å². The van der Waals surface area contributed by atoms with Crippen LogP contribution in [0.2, 0.25) is 0 Å². The molecule has 152 valence electrons. The molecular weight excluding hydrogens is 365 g/mol. The van der Waals surface area contributed by atoms with E-state index < -0.39 is 0 Å². The number of halogens is 1. The average molecular weight is 394 g/mol. The molecule has 2 aliphatic rings. The average Bonchev–Trinajstić information content (AvgIpc) is 3.40. The van der Waals surface area contributed by atoms with E-state index in [9.17, 15) is 4.39 Å². The van der Waals surface area contributed by atoms with Crippen LogP contribution >= 0.6 is 0 Å². The largest absolute Gasteiger partial charge is 0.358 e. The second-order valence-corrected chi connectivity index (χ2v) is 8.33. The van der Waals surface area contributed by atoms with Gasteiger partial charge >= 0.3 is 0 Å². The van der Waals surface area contributed by atoms with E-state index in [1.807, 2.05) is 12.1 Å². The number of likely N-dealkylation sites (N-methyl/N-ethyl adjacent to an activating group) is 1. The zero-order chi connectivity index (χ0) is 19.8. The molecular formula is C23H28FN5. The molecule has 29 heavy (non-hydrogen) atoms. The highest BCUT2D eigenvalue weighted by molar-refractivity contribution is 5.53. The van der Waals surface area contributed by atoms with Crippen LogP contribution < -0.4 is 4.90 Å². The van der Waals surface area contributed by atoms with Gasteiger partial charge in [0.2, 0.25) is 0 Å². The molecule has 1 atom stereocenters. The van der Waals surface area contributed by atoms with Gasteiger partial charge in [-0.1, -0.05) is 18.2 Å². The Kier molecular flexibility index (Phi) is 4.97. The number of fused-ring (bicyclic) bond motifs is 1. The third kappa shape index (κ3) is 3.74. The molecule has 2 saturated heterocycles. The second-order valence-electron chi connectivity index (χ2n) is 8.33. The van der Waals surface area contributed by atoms with Crippen LogP contribution in [0.1, 0.15) is 30.1 Å². The number of imidazole rings is 1. The summed E-state index contributed by atoms with van der Waals surface area (Å²) in [5.41, 5.74) is 3.30. The van der Waals surface area contributed by atoms with Crippen molar-refractivity contribution in [1.29, 1.82) is 0 Å². The first-order valence-corrected chi connectivity index (χ1v) is 10.6. The molecule has 2 aliphatic heterocycles. The topological polar surface area (TPSA) is 27.0 Å². The van der Waals surface area contributed by atoms with Gasteiger partial charge in [0.1, 0.15) is 17.3 Å². The fourth-order valence-corrected chi connectivity index (χ4v) is 4.62. The van der Waals surface area contributed by atoms with E-state index in [2.05, 4.69) is 50.5 Å². The Morgan fingerprint density at radius 2 is 1.79 bits per heavy atom. The van der Waals surface area contributed by atoms with Crippen LogP contribution in [0.3, 0.4) is 0 Å². The highest BCUT2D eigenvalue weighted by Crippen LogP contribution is 2.28. The molecule has 0 unspecified atom stereocenters. The summed E-state index contributed by atoms with van der Waals surface area (Å²) in [4.78, 5) is 12.3. The molecule has 0 radical (unpaired) electrons. The number of benzene rings is 1. The first-order valence-electron chi connectivity index (χ1n) is 10.6. The summed E-state index contributed by atoms with van der Waals surface area (Å²) < 4.78 is 15.5. The van der Waals surface area contributed by atoms with Crippen LogP contribution in [0, 0.1) is 5.82 Å². The minimum absolute atomic E-state index is 0.177. The number of hydrogen-bond donors (Lipinski definition) is 0. The van der Waals surface area contributed by atoms with Gasteiger partial charge in [-0.2, -0.15) is 0 Å². The van der Waals surface area contributed by atoms with Crippen molar-refractivity contribution in [2.24, 2.45) is 0 Å². The Bertz CT molecular complexity index is 977. The van der Waals surface area contributed by atoms with Crippen molar-refractivity contribution in [2.45, 2.75) is 25.4 Å². The lowest BCUT2D eigenvalue weighted by atomic mass is 10.1. The summed E-state index contributed by atoms with van der Waals surface area (Å²) in [6.45, 7) is 6.03. The van der Waals surface area contributed by atoms with Crippen molar-refractivity contribution in [3.05, 3.63) is 65.7 Å². The maximum Gasteiger partial charge on any atom is 0.138 e. The fraction of sp³-hybridized carbons (Fsp3) is 0.435. The Labute approximate surface area is 171 Å². The van der Waals surface area contributed by atoms with Gasteiger partial charge in [-0.05, 0) is 49.7 Å². The summed E-state index contributed by atoms with van der Waals surface area (Å²) in [6, 6.07) is 13.5. The van der Waals surface area contributed by atoms with Crippen molar-refractivity contribution in [3.8, 4) is 0 Å². The van der Waals surface area contributed by atoms with Crippen molar-refractivity contribution in [3.63, 3.8) is 0 Å². The molecule has 0 saturated carbocycles. The van der Waals surface area contributed by atoms with Crippen molar-refractivity contribution in [2.75, 3.05) is 44.7 Å². The molecule has 6 heteroatoms. The number of anilines is 1. The third-order valence-electron chi connectivity index (χ3n) is 6.31. The predicted octanol–water partition coefficient (Wildman–Crippen LogP) is 3.56. The van der Waals surface area contributed by atoms with E-state index >= 15 is 0 Å².